The van der Waals surface area contributed by atoms with Gasteiger partial charge in [-0.05, 0) is 59.8 Å². The molecule has 0 aliphatic carbocycles. The zero-order chi connectivity index (χ0) is 28.9. The van der Waals surface area contributed by atoms with Gasteiger partial charge in [0.25, 0.3) is 0 Å². The number of aromatic hydroxyl groups is 1. The van der Waals surface area contributed by atoms with Gasteiger partial charge in [0.2, 0.25) is 10.0 Å². The fraction of sp³-hybridized carbons (Fsp3) is 0.0909. The molecule has 0 saturated heterocycles. The van der Waals surface area contributed by atoms with Gasteiger partial charge in [-0.2, -0.15) is 5.10 Å². The van der Waals surface area contributed by atoms with Gasteiger partial charge in [-0.15, -0.1) is 0 Å². The van der Waals surface area contributed by atoms with Crippen molar-refractivity contribution in [2.75, 3.05) is 18.4 Å². The molecular weight excluding hydrogens is 546 g/mol. The Balaban J connectivity index is 1.16. The maximum atomic E-state index is 13.0. The van der Waals surface area contributed by atoms with Gasteiger partial charge in [0.05, 0.1) is 10.6 Å². The van der Waals surface area contributed by atoms with Crippen molar-refractivity contribution >= 4 is 26.6 Å². The van der Waals surface area contributed by atoms with E-state index in [1.807, 2.05) is 89.7 Å². The lowest BCUT2D eigenvalue weighted by atomic mass is 10.0. The van der Waals surface area contributed by atoms with Crippen molar-refractivity contribution in [3.05, 3.63) is 122 Å². The van der Waals surface area contributed by atoms with Crippen molar-refractivity contribution in [3.8, 4) is 33.8 Å². The molecule has 4 aromatic carbocycles. The van der Waals surface area contributed by atoms with Crippen LogP contribution in [0.25, 0.3) is 38.8 Å². The normalized spacial score (nSPS) is 11.5. The molecule has 42 heavy (non-hydrogen) atoms. The van der Waals surface area contributed by atoms with E-state index in [1.165, 1.54) is 0 Å². The number of nitrogens with zero attached hydrogens (tertiary/aromatic N) is 3. The highest BCUT2D eigenvalue weighted by atomic mass is 32.2. The first kappa shape index (κ1) is 27.2. The third-order valence-electron chi connectivity index (χ3n) is 6.92. The first-order valence-corrected chi connectivity index (χ1v) is 15.1. The molecule has 8 nitrogen and oxygen atoms in total. The number of hydrogen-bond acceptors (Lipinski definition) is 6. The molecule has 210 valence electrons. The van der Waals surface area contributed by atoms with Gasteiger partial charge in [0.15, 0.2) is 0 Å². The van der Waals surface area contributed by atoms with Crippen LogP contribution in [0.15, 0.2) is 126 Å². The number of sulfonamides is 1. The third kappa shape index (κ3) is 5.88. The summed E-state index contributed by atoms with van der Waals surface area (Å²) in [6, 6.07) is 33.5. The van der Waals surface area contributed by atoms with Crippen LogP contribution >= 0.6 is 0 Å². The molecule has 3 N–H and O–H groups in total. The molecule has 0 amide bonds. The molecule has 0 atom stereocenters. The highest BCUT2D eigenvalue weighted by Gasteiger charge is 2.17. The van der Waals surface area contributed by atoms with E-state index in [4.69, 9.17) is 5.10 Å². The van der Waals surface area contributed by atoms with E-state index >= 15 is 0 Å². The van der Waals surface area contributed by atoms with E-state index < -0.39 is 10.0 Å². The number of anilines is 1. The molecule has 0 spiro atoms. The van der Waals surface area contributed by atoms with Gasteiger partial charge < -0.3 is 10.4 Å². The summed E-state index contributed by atoms with van der Waals surface area (Å²) in [5.74, 6) is 0.833. The van der Waals surface area contributed by atoms with Crippen LogP contribution in [-0.4, -0.2) is 41.4 Å². The zero-order valence-corrected chi connectivity index (χ0v) is 23.5. The van der Waals surface area contributed by atoms with Gasteiger partial charge in [0.1, 0.15) is 17.3 Å². The summed E-state index contributed by atoms with van der Waals surface area (Å²) in [7, 11) is -3.65. The van der Waals surface area contributed by atoms with Crippen LogP contribution in [0.4, 0.5) is 5.82 Å². The lowest BCUT2D eigenvalue weighted by Crippen LogP contribution is -2.26. The third-order valence-corrected chi connectivity index (χ3v) is 8.44. The number of para-hydroxylation sites is 1. The monoisotopic (exact) mass is 575 g/mol. The Kier molecular flexibility index (Phi) is 7.68. The number of pyridine rings is 1. The van der Waals surface area contributed by atoms with Crippen LogP contribution in [0, 0.1) is 0 Å². The number of benzene rings is 4. The Morgan fingerprint density at radius 2 is 1.57 bits per heavy atom. The van der Waals surface area contributed by atoms with Crippen molar-refractivity contribution in [2.24, 2.45) is 0 Å². The van der Waals surface area contributed by atoms with Crippen molar-refractivity contribution < 1.29 is 13.5 Å². The van der Waals surface area contributed by atoms with E-state index in [9.17, 15) is 13.5 Å². The van der Waals surface area contributed by atoms with Crippen LogP contribution in [0.1, 0.15) is 6.42 Å². The highest BCUT2D eigenvalue weighted by Crippen LogP contribution is 2.34. The minimum atomic E-state index is -3.65. The highest BCUT2D eigenvalue weighted by molar-refractivity contribution is 7.89. The Bertz CT molecular complexity index is 1950. The van der Waals surface area contributed by atoms with Crippen molar-refractivity contribution in [1.82, 2.24) is 19.5 Å². The number of hydrogen-bond donors (Lipinski definition) is 3. The molecule has 2 aromatic heterocycles. The SMILES string of the molecule is O=S(=O)(NCCCNc1cc(-c2cn(-c3ccccc3)nc2-c2cccc(O)c2)ccn1)c1cccc2ccccc12. The number of phenolic OH excluding ortho intramolecular Hbond substituents is 1. The minimum absolute atomic E-state index is 0.167. The molecule has 0 saturated carbocycles. The van der Waals surface area contributed by atoms with Gasteiger partial charge in [0, 0.05) is 42.0 Å². The number of nitrogens with one attached hydrogen (secondary N) is 2. The number of aromatic nitrogens is 3. The van der Waals surface area contributed by atoms with Crippen LogP contribution < -0.4 is 10.0 Å². The Morgan fingerprint density at radius 3 is 2.43 bits per heavy atom. The predicted molar refractivity (Wildman–Crippen MR) is 166 cm³/mol. The first-order chi connectivity index (χ1) is 20.5. The first-order valence-electron chi connectivity index (χ1n) is 13.6. The summed E-state index contributed by atoms with van der Waals surface area (Å²) in [5, 5.41) is 19.8. The Labute approximate surface area is 244 Å². The van der Waals surface area contributed by atoms with E-state index in [2.05, 4.69) is 15.0 Å². The molecule has 0 fully saturated rings. The fourth-order valence-corrected chi connectivity index (χ4v) is 6.18. The zero-order valence-electron chi connectivity index (χ0n) is 22.7. The van der Waals surface area contributed by atoms with Gasteiger partial charge in [-0.3, -0.25) is 0 Å². The van der Waals surface area contributed by atoms with Crippen LogP contribution in [0.2, 0.25) is 0 Å². The summed E-state index contributed by atoms with van der Waals surface area (Å²) in [6.07, 6.45) is 4.26. The Morgan fingerprint density at radius 1 is 0.786 bits per heavy atom. The van der Waals surface area contributed by atoms with Crippen LogP contribution in [-0.2, 0) is 10.0 Å². The number of rotatable bonds is 10. The average molecular weight is 576 g/mol. The molecule has 2 heterocycles. The smallest absolute Gasteiger partial charge is 0.241 e. The van der Waals surface area contributed by atoms with E-state index in [-0.39, 0.29) is 17.2 Å². The lowest BCUT2D eigenvalue weighted by Gasteiger charge is -2.11. The maximum Gasteiger partial charge on any atom is 0.241 e. The molecule has 6 aromatic rings. The fourth-order valence-electron chi connectivity index (χ4n) is 4.88. The molecular formula is C33H29N5O3S. The number of fused-ring (bicyclic) bond motifs is 1. The second kappa shape index (κ2) is 11.9. The Hall–Kier alpha value is -4.99. The predicted octanol–water partition coefficient (Wildman–Crippen LogP) is 6.24. The molecule has 9 heteroatoms. The van der Waals surface area contributed by atoms with Crippen molar-refractivity contribution in [1.29, 1.82) is 0 Å². The van der Waals surface area contributed by atoms with Crippen LogP contribution in [0.3, 0.4) is 0 Å². The van der Waals surface area contributed by atoms with Crippen molar-refractivity contribution in [3.63, 3.8) is 0 Å². The standard InChI is InChI=1S/C33H29N5O3S/c39-28-14-6-11-26(21-28)33-30(23-38(37-33)27-12-2-1-3-13-27)25-17-20-35-32(22-25)34-18-8-19-36-42(40,41)31-16-7-10-24-9-4-5-15-29(24)31/h1-7,9-17,20-23,36,39H,8,18-19H2,(H,34,35). The summed E-state index contributed by atoms with van der Waals surface area (Å²) < 4.78 is 30.5. The molecule has 6 rings (SSSR count). The second-order valence-electron chi connectivity index (χ2n) is 9.81. The summed E-state index contributed by atoms with van der Waals surface area (Å²) in [6.45, 7) is 0.806. The minimum Gasteiger partial charge on any atom is -0.508 e. The van der Waals surface area contributed by atoms with Crippen molar-refractivity contribution in [2.45, 2.75) is 11.3 Å². The topological polar surface area (TPSA) is 109 Å². The maximum absolute atomic E-state index is 13.0. The van der Waals surface area contributed by atoms with E-state index in [0.29, 0.717) is 24.2 Å². The largest absolute Gasteiger partial charge is 0.508 e. The quantitative estimate of drug-likeness (QED) is 0.167. The molecule has 0 aliphatic rings. The van der Waals surface area contributed by atoms with Crippen LogP contribution in [0.5, 0.6) is 5.75 Å². The lowest BCUT2D eigenvalue weighted by molar-refractivity contribution is 0.475. The van der Waals surface area contributed by atoms with E-state index in [1.54, 1.807) is 36.5 Å². The average Bonchev–Trinajstić information content (AvgIpc) is 3.47. The molecule has 0 radical (unpaired) electrons. The van der Waals surface area contributed by atoms with E-state index in [0.717, 1.165) is 33.5 Å². The molecule has 0 aliphatic heterocycles. The number of phenols is 1. The second-order valence-corrected chi connectivity index (χ2v) is 11.5. The van der Waals surface area contributed by atoms with Gasteiger partial charge in [-0.25, -0.2) is 22.8 Å². The van der Waals surface area contributed by atoms with Gasteiger partial charge in [-0.1, -0.05) is 66.7 Å². The summed E-state index contributed by atoms with van der Waals surface area (Å²) >= 11 is 0. The molecule has 0 bridgehead atoms. The van der Waals surface area contributed by atoms with Gasteiger partial charge >= 0.3 is 0 Å². The molecule has 0 unspecified atom stereocenters. The summed E-state index contributed by atoms with van der Waals surface area (Å²) in [5.41, 5.74) is 4.24. The summed E-state index contributed by atoms with van der Waals surface area (Å²) in [4.78, 5) is 4.74.